The largest absolute Gasteiger partial charge is 0.393 e. The second-order valence-electron chi connectivity index (χ2n) is 3.55. The van der Waals surface area contributed by atoms with Crippen molar-refractivity contribution in [2.45, 2.75) is 13.0 Å². The van der Waals surface area contributed by atoms with Gasteiger partial charge in [0.05, 0.1) is 4.99 Å². The van der Waals surface area contributed by atoms with E-state index in [1.165, 1.54) is 6.07 Å². The van der Waals surface area contributed by atoms with Crippen LogP contribution in [0.2, 0.25) is 0 Å². The van der Waals surface area contributed by atoms with Crippen LogP contribution >= 0.6 is 12.2 Å². The molecule has 15 heavy (non-hydrogen) atoms. The number of nitrogens with zero attached hydrogens (tertiary/aromatic N) is 1. The summed E-state index contributed by atoms with van der Waals surface area (Å²) in [7, 11) is 1.92. The van der Waals surface area contributed by atoms with Gasteiger partial charge < -0.3 is 10.6 Å². The molecule has 0 amide bonds. The van der Waals surface area contributed by atoms with E-state index >= 15 is 0 Å². The third-order valence-electron chi connectivity index (χ3n) is 2.14. The first-order valence-electron chi connectivity index (χ1n) is 4.80. The van der Waals surface area contributed by atoms with E-state index in [1.54, 1.807) is 12.1 Å². The SMILES string of the molecule is CN(CCC(N)=S)Cc1ccccc1F. The molecule has 1 aromatic rings. The van der Waals surface area contributed by atoms with E-state index in [2.05, 4.69) is 0 Å². The summed E-state index contributed by atoms with van der Waals surface area (Å²) in [4.78, 5) is 2.49. The Balaban J connectivity index is 2.47. The third kappa shape index (κ3) is 4.36. The summed E-state index contributed by atoms with van der Waals surface area (Å²) in [6.45, 7) is 1.33. The molecule has 1 aromatic carbocycles. The zero-order valence-corrected chi connectivity index (χ0v) is 9.56. The van der Waals surface area contributed by atoms with Crippen molar-refractivity contribution in [1.82, 2.24) is 4.90 Å². The van der Waals surface area contributed by atoms with Gasteiger partial charge in [-0.1, -0.05) is 30.4 Å². The van der Waals surface area contributed by atoms with Gasteiger partial charge in [0.2, 0.25) is 0 Å². The van der Waals surface area contributed by atoms with Crippen molar-refractivity contribution in [3.8, 4) is 0 Å². The van der Waals surface area contributed by atoms with Gasteiger partial charge in [0.15, 0.2) is 0 Å². The minimum Gasteiger partial charge on any atom is -0.393 e. The van der Waals surface area contributed by atoms with Crippen molar-refractivity contribution in [2.24, 2.45) is 5.73 Å². The maximum Gasteiger partial charge on any atom is 0.127 e. The Labute approximate surface area is 94.9 Å². The van der Waals surface area contributed by atoms with Gasteiger partial charge in [0.1, 0.15) is 5.82 Å². The molecule has 0 aromatic heterocycles. The summed E-state index contributed by atoms with van der Waals surface area (Å²) in [5.74, 6) is -0.167. The van der Waals surface area contributed by atoms with Crippen LogP contribution in [-0.2, 0) is 6.54 Å². The number of rotatable bonds is 5. The minimum atomic E-state index is -0.167. The summed E-state index contributed by atoms with van der Waals surface area (Å²) in [5.41, 5.74) is 6.09. The molecule has 2 nitrogen and oxygen atoms in total. The predicted molar refractivity (Wildman–Crippen MR) is 64.1 cm³/mol. The smallest absolute Gasteiger partial charge is 0.127 e. The van der Waals surface area contributed by atoms with Crippen molar-refractivity contribution in [2.75, 3.05) is 13.6 Å². The van der Waals surface area contributed by atoms with Crippen molar-refractivity contribution in [1.29, 1.82) is 0 Å². The first kappa shape index (κ1) is 12.1. The Morgan fingerprint density at radius 2 is 2.13 bits per heavy atom. The molecule has 0 aliphatic rings. The molecule has 4 heteroatoms. The van der Waals surface area contributed by atoms with Gasteiger partial charge in [-0.25, -0.2) is 4.39 Å². The van der Waals surface area contributed by atoms with E-state index in [0.717, 1.165) is 6.54 Å². The van der Waals surface area contributed by atoms with E-state index in [-0.39, 0.29) is 5.82 Å². The minimum absolute atomic E-state index is 0.167. The Morgan fingerprint density at radius 3 is 2.73 bits per heavy atom. The van der Waals surface area contributed by atoms with Crippen LogP contribution in [0, 0.1) is 5.82 Å². The molecule has 82 valence electrons. The van der Waals surface area contributed by atoms with Crippen LogP contribution in [-0.4, -0.2) is 23.5 Å². The zero-order valence-electron chi connectivity index (χ0n) is 8.74. The lowest BCUT2D eigenvalue weighted by atomic mass is 10.2. The normalized spacial score (nSPS) is 10.6. The van der Waals surface area contributed by atoms with Gasteiger partial charge in [0, 0.05) is 25.1 Å². The number of halogens is 1. The third-order valence-corrected chi connectivity index (χ3v) is 2.34. The molecular formula is C11H15FN2S. The number of hydrogen-bond acceptors (Lipinski definition) is 2. The Kier molecular flexibility index (Phi) is 4.65. The average molecular weight is 226 g/mol. The van der Waals surface area contributed by atoms with Crippen LogP contribution in [0.15, 0.2) is 24.3 Å². The van der Waals surface area contributed by atoms with Gasteiger partial charge in [-0.3, -0.25) is 0 Å². The molecule has 0 atom stereocenters. The fraction of sp³-hybridized carbons (Fsp3) is 0.364. The molecule has 0 radical (unpaired) electrons. The van der Waals surface area contributed by atoms with E-state index in [4.69, 9.17) is 18.0 Å². The standard InChI is InChI=1S/C11H15FN2S/c1-14(7-6-11(13)15)8-9-4-2-3-5-10(9)12/h2-5H,6-8H2,1H3,(H2,13,15). The second kappa shape index (κ2) is 5.78. The topological polar surface area (TPSA) is 29.3 Å². The second-order valence-corrected chi connectivity index (χ2v) is 4.07. The van der Waals surface area contributed by atoms with Gasteiger partial charge >= 0.3 is 0 Å². The molecule has 0 saturated carbocycles. The van der Waals surface area contributed by atoms with Crippen molar-refractivity contribution in [3.05, 3.63) is 35.6 Å². The van der Waals surface area contributed by atoms with E-state index in [1.807, 2.05) is 18.0 Å². The highest BCUT2D eigenvalue weighted by molar-refractivity contribution is 7.80. The monoisotopic (exact) mass is 226 g/mol. The average Bonchev–Trinajstić information content (AvgIpc) is 2.18. The number of nitrogens with two attached hydrogens (primary N) is 1. The molecule has 0 aliphatic heterocycles. The molecule has 0 unspecified atom stereocenters. The fourth-order valence-electron chi connectivity index (χ4n) is 1.30. The molecule has 0 saturated heterocycles. The Bertz CT molecular complexity index is 341. The van der Waals surface area contributed by atoms with Gasteiger partial charge in [-0.05, 0) is 13.1 Å². The maximum atomic E-state index is 13.3. The molecule has 1 rings (SSSR count). The summed E-state index contributed by atoms with van der Waals surface area (Å²) in [6.07, 6.45) is 0.667. The zero-order chi connectivity index (χ0) is 11.3. The fourth-order valence-corrected chi connectivity index (χ4v) is 1.39. The van der Waals surface area contributed by atoms with Crippen LogP contribution in [0.1, 0.15) is 12.0 Å². The van der Waals surface area contributed by atoms with Crippen LogP contribution in [0.25, 0.3) is 0 Å². The van der Waals surface area contributed by atoms with Crippen LogP contribution in [0.5, 0.6) is 0 Å². The molecule has 0 heterocycles. The molecule has 0 fully saturated rings. The molecule has 0 bridgehead atoms. The van der Waals surface area contributed by atoms with E-state index in [9.17, 15) is 4.39 Å². The first-order valence-corrected chi connectivity index (χ1v) is 5.20. The first-order chi connectivity index (χ1) is 7.09. The van der Waals surface area contributed by atoms with E-state index < -0.39 is 0 Å². The van der Waals surface area contributed by atoms with Crippen LogP contribution in [0.4, 0.5) is 4.39 Å². The van der Waals surface area contributed by atoms with Gasteiger partial charge in [-0.2, -0.15) is 0 Å². The molecule has 0 aliphatic carbocycles. The predicted octanol–water partition coefficient (Wildman–Crippen LogP) is 1.93. The summed E-state index contributed by atoms with van der Waals surface area (Å²) >= 11 is 4.78. The summed E-state index contributed by atoms with van der Waals surface area (Å²) < 4.78 is 13.3. The molecule has 2 N–H and O–H groups in total. The van der Waals surface area contributed by atoms with Crippen molar-refractivity contribution in [3.63, 3.8) is 0 Å². The highest BCUT2D eigenvalue weighted by Crippen LogP contribution is 2.08. The lowest BCUT2D eigenvalue weighted by molar-refractivity contribution is 0.331. The highest BCUT2D eigenvalue weighted by atomic mass is 32.1. The van der Waals surface area contributed by atoms with Crippen LogP contribution < -0.4 is 5.73 Å². The molecular weight excluding hydrogens is 211 g/mol. The van der Waals surface area contributed by atoms with Crippen LogP contribution in [0.3, 0.4) is 0 Å². The summed E-state index contributed by atoms with van der Waals surface area (Å²) in [5, 5.41) is 0. The quantitative estimate of drug-likeness (QED) is 0.778. The summed E-state index contributed by atoms with van der Waals surface area (Å²) in [6, 6.07) is 6.77. The Hall–Kier alpha value is -1.00. The maximum absolute atomic E-state index is 13.3. The lowest BCUT2D eigenvalue weighted by Crippen LogP contribution is -2.23. The Morgan fingerprint density at radius 1 is 1.47 bits per heavy atom. The van der Waals surface area contributed by atoms with Gasteiger partial charge in [0.25, 0.3) is 0 Å². The number of benzene rings is 1. The van der Waals surface area contributed by atoms with E-state index in [0.29, 0.717) is 23.5 Å². The number of thiocarbonyl (C=S) groups is 1. The molecule has 0 spiro atoms. The van der Waals surface area contributed by atoms with Crippen molar-refractivity contribution < 1.29 is 4.39 Å². The van der Waals surface area contributed by atoms with Gasteiger partial charge in [-0.15, -0.1) is 0 Å². The van der Waals surface area contributed by atoms with Crippen molar-refractivity contribution >= 4 is 17.2 Å². The highest BCUT2D eigenvalue weighted by Gasteiger charge is 2.04. The lowest BCUT2D eigenvalue weighted by Gasteiger charge is -2.16. The number of hydrogen-bond donors (Lipinski definition) is 1.